The topological polar surface area (TPSA) is 83.8 Å². The molecule has 1 aliphatic carbocycles. The highest BCUT2D eigenvalue weighted by Crippen LogP contribution is 2.27. The van der Waals surface area contributed by atoms with E-state index in [4.69, 9.17) is 9.84 Å². The van der Waals surface area contributed by atoms with Gasteiger partial charge >= 0.3 is 11.9 Å². The van der Waals surface area contributed by atoms with Gasteiger partial charge in [0.2, 0.25) is 0 Å². The van der Waals surface area contributed by atoms with Crippen molar-refractivity contribution in [1.82, 2.24) is 0 Å². The Hall–Kier alpha value is -1.57. The molecule has 1 aromatic carbocycles. The maximum absolute atomic E-state index is 11.6. The third kappa shape index (κ3) is 4.49. The molecule has 0 aliphatic heterocycles. The lowest BCUT2D eigenvalue weighted by Gasteiger charge is -2.23. The fourth-order valence-corrected chi connectivity index (χ4v) is 3.12. The number of halogens is 1. The molecule has 2 N–H and O–H groups in total. The monoisotopic (exact) mass is 412 g/mol. The van der Waals surface area contributed by atoms with Crippen LogP contribution in [0, 0.1) is 0 Å². The highest BCUT2D eigenvalue weighted by molar-refractivity contribution is 9.10. The predicted molar refractivity (Wildman–Crippen MR) is 96.6 cm³/mol. The summed E-state index contributed by atoms with van der Waals surface area (Å²) < 4.78 is 6.52. The van der Waals surface area contributed by atoms with E-state index in [-0.39, 0.29) is 17.7 Å². The molecule has 24 heavy (non-hydrogen) atoms. The minimum atomic E-state index is -1.02. The van der Waals surface area contributed by atoms with Crippen molar-refractivity contribution in [2.75, 3.05) is 5.75 Å². The van der Waals surface area contributed by atoms with Crippen molar-refractivity contribution < 1.29 is 24.5 Å². The van der Waals surface area contributed by atoms with E-state index in [1.54, 1.807) is 12.1 Å². The maximum Gasteiger partial charge on any atom is 0.335 e. The van der Waals surface area contributed by atoms with Crippen LogP contribution in [0.1, 0.15) is 28.8 Å². The van der Waals surface area contributed by atoms with Crippen LogP contribution >= 0.6 is 28.6 Å². The van der Waals surface area contributed by atoms with Gasteiger partial charge in [-0.3, -0.25) is 0 Å². The molecule has 0 spiro atoms. The van der Waals surface area contributed by atoms with E-state index in [0.29, 0.717) is 29.7 Å². The molecule has 5 nitrogen and oxygen atoms in total. The van der Waals surface area contributed by atoms with Gasteiger partial charge < -0.3 is 14.9 Å². The predicted octanol–water partition coefficient (Wildman–Crippen LogP) is 3.69. The Labute approximate surface area is 153 Å². The number of rotatable bonds is 7. The maximum atomic E-state index is 11.6. The zero-order chi connectivity index (χ0) is 17.7. The van der Waals surface area contributed by atoms with Crippen molar-refractivity contribution >= 4 is 40.5 Å². The van der Waals surface area contributed by atoms with E-state index in [2.05, 4.69) is 28.6 Å². The van der Waals surface area contributed by atoms with Gasteiger partial charge in [-0.25, -0.2) is 9.59 Å². The minimum Gasteiger partial charge on any atom is -0.478 e. The van der Waals surface area contributed by atoms with Gasteiger partial charge in [0.25, 0.3) is 0 Å². The van der Waals surface area contributed by atoms with Crippen LogP contribution in [0.25, 0.3) is 0 Å². The van der Waals surface area contributed by atoms with Gasteiger partial charge in [-0.1, -0.05) is 28.1 Å². The highest BCUT2D eigenvalue weighted by Gasteiger charge is 2.26. The summed E-state index contributed by atoms with van der Waals surface area (Å²) in [4.78, 5) is 22.7. The molecule has 0 saturated carbocycles. The molecule has 0 saturated heterocycles. The molecule has 0 bridgehead atoms. The Bertz CT molecular complexity index is 711. The standard InChI is InChI=1S/C17H17BrO5S/c18-13-5-4-11(16(19)20)8-12(13)9-23-14-3-1-2-10(6-7-24)15(14)17(21)22/h1-2,4-5,8,14,24H,3,6-7,9H2,(H,19,20)(H,21,22). The fraction of sp³-hybridized carbons (Fsp3) is 0.294. The van der Waals surface area contributed by atoms with E-state index < -0.39 is 18.0 Å². The lowest BCUT2D eigenvalue weighted by molar-refractivity contribution is -0.134. The molecular weight excluding hydrogens is 396 g/mol. The number of ether oxygens (including phenoxy) is 1. The normalized spacial score (nSPS) is 17.2. The third-order valence-electron chi connectivity index (χ3n) is 3.68. The van der Waals surface area contributed by atoms with E-state index >= 15 is 0 Å². The number of aromatic carboxylic acids is 1. The zero-order valence-corrected chi connectivity index (χ0v) is 15.2. The number of aliphatic carboxylic acids is 1. The molecule has 128 valence electrons. The molecule has 2 rings (SSSR count). The molecule has 0 radical (unpaired) electrons. The van der Waals surface area contributed by atoms with Crippen LogP contribution in [0.5, 0.6) is 0 Å². The quantitative estimate of drug-likeness (QED) is 0.594. The summed E-state index contributed by atoms with van der Waals surface area (Å²) in [5, 5.41) is 18.6. The average Bonchev–Trinajstić information content (AvgIpc) is 2.54. The van der Waals surface area contributed by atoms with Gasteiger partial charge in [0.05, 0.1) is 23.8 Å². The van der Waals surface area contributed by atoms with E-state index in [1.165, 1.54) is 12.1 Å². The summed E-state index contributed by atoms with van der Waals surface area (Å²) in [7, 11) is 0. The number of thiol groups is 1. The first-order valence-electron chi connectivity index (χ1n) is 7.31. The van der Waals surface area contributed by atoms with Crippen molar-refractivity contribution in [2.45, 2.75) is 25.6 Å². The van der Waals surface area contributed by atoms with Crippen LogP contribution in [0.15, 0.2) is 46.0 Å². The van der Waals surface area contributed by atoms with Gasteiger partial charge in [-0.05, 0) is 47.9 Å². The summed E-state index contributed by atoms with van der Waals surface area (Å²) in [5.74, 6) is -1.47. The Morgan fingerprint density at radius 2 is 2.04 bits per heavy atom. The molecule has 1 atom stereocenters. The Kier molecular flexibility index (Phi) is 6.65. The summed E-state index contributed by atoms with van der Waals surface area (Å²) in [5.41, 5.74) is 1.78. The summed E-state index contributed by atoms with van der Waals surface area (Å²) >= 11 is 7.52. The van der Waals surface area contributed by atoms with E-state index in [1.807, 2.05) is 6.08 Å². The van der Waals surface area contributed by atoms with Gasteiger partial charge in [0.1, 0.15) is 0 Å². The number of hydrogen-bond acceptors (Lipinski definition) is 4. The summed E-state index contributed by atoms with van der Waals surface area (Å²) in [6.45, 7) is 0.116. The molecule has 0 fully saturated rings. The molecule has 1 aromatic rings. The van der Waals surface area contributed by atoms with Gasteiger partial charge in [-0.15, -0.1) is 0 Å². The number of carboxylic acid groups (broad SMARTS) is 2. The number of benzene rings is 1. The van der Waals surface area contributed by atoms with Gasteiger partial charge in [-0.2, -0.15) is 12.6 Å². The second kappa shape index (κ2) is 8.50. The van der Waals surface area contributed by atoms with Crippen LogP contribution in [-0.2, 0) is 16.1 Å². The minimum absolute atomic E-state index is 0.116. The zero-order valence-electron chi connectivity index (χ0n) is 12.7. The van der Waals surface area contributed by atoms with Gasteiger partial charge in [0, 0.05) is 4.47 Å². The second-order valence-electron chi connectivity index (χ2n) is 5.27. The van der Waals surface area contributed by atoms with Crippen LogP contribution in [0.4, 0.5) is 0 Å². The summed E-state index contributed by atoms with van der Waals surface area (Å²) in [6.07, 6.45) is 4.15. The number of allylic oxidation sites excluding steroid dienone is 2. The highest BCUT2D eigenvalue weighted by atomic mass is 79.9. The lowest BCUT2D eigenvalue weighted by Crippen LogP contribution is -2.25. The number of carboxylic acids is 2. The molecule has 0 aromatic heterocycles. The first kappa shape index (κ1) is 18.8. The Morgan fingerprint density at radius 3 is 2.67 bits per heavy atom. The van der Waals surface area contributed by atoms with Crippen molar-refractivity contribution in [3.8, 4) is 0 Å². The fourth-order valence-electron chi connectivity index (χ4n) is 2.52. The molecule has 1 aliphatic rings. The first-order valence-corrected chi connectivity index (χ1v) is 8.73. The molecule has 7 heteroatoms. The lowest BCUT2D eigenvalue weighted by atomic mass is 9.93. The summed E-state index contributed by atoms with van der Waals surface area (Å²) in [6, 6.07) is 4.65. The van der Waals surface area contributed by atoms with E-state index in [9.17, 15) is 14.7 Å². The number of hydrogen-bond donors (Lipinski definition) is 3. The largest absolute Gasteiger partial charge is 0.478 e. The van der Waals surface area contributed by atoms with E-state index in [0.717, 1.165) is 4.47 Å². The molecular formula is C17H17BrO5S. The van der Waals surface area contributed by atoms with Crippen LogP contribution in [0.2, 0.25) is 0 Å². The third-order valence-corrected chi connectivity index (χ3v) is 4.68. The number of carbonyl (C=O) groups is 2. The van der Waals surface area contributed by atoms with Crippen molar-refractivity contribution in [2.24, 2.45) is 0 Å². The first-order chi connectivity index (χ1) is 11.4. The van der Waals surface area contributed by atoms with Crippen LogP contribution in [0.3, 0.4) is 0 Å². The molecule has 1 unspecified atom stereocenters. The van der Waals surface area contributed by atoms with Crippen molar-refractivity contribution in [3.05, 3.63) is 57.1 Å². The Balaban J connectivity index is 2.19. The second-order valence-corrected chi connectivity index (χ2v) is 6.57. The Morgan fingerprint density at radius 1 is 1.29 bits per heavy atom. The van der Waals surface area contributed by atoms with Gasteiger partial charge in [0.15, 0.2) is 0 Å². The SMILES string of the molecule is O=C(O)C1=C(CCS)C=CCC1OCc1cc(C(=O)O)ccc1Br. The van der Waals surface area contributed by atoms with Crippen molar-refractivity contribution in [3.63, 3.8) is 0 Å². The van der Waals surface area contributed by atoms with Crippen LogP contribution in [-0.4, -0.2) is 34.0 Å². The van der Waals surface area contributed by atoms with Crippen molar-refractivity contribution in [1.29, 1.82) is 0 Å². The molecule has 0 heterocycles. The average molecular weight is 413 g/mol. The van der Waals surface area contributed by atoms with Crippen LogP contribution < -0.4 is 0 Å². The smallest absolute Gasteiger partial charge is 0.335 e. The molecule has 0 amide bonds.